The zero-order valence-electron chi connectivity index (χ0n) is 39.2. The standard InChI is InChI=1S/C47H78O18/c1-20-28(51)31(54)33(56)38(60-20)64-35-29(52)22(50)18-59-40(35)63-26-10-12-47-19-46(47)14-13-43(6)36(45(8)11-9-27(65-45)42(4,5)58)21(49)16-44(43,7)25(46)15-23(37(47)41(26,2)3)61-39-34(57)32(55)30(53)24(17-48)62-39/h20-40,48-58H,9-19H2,1-8H3/t20-,21-,22+,23-,24+,25-,26-,27-,28-,29-,30+,31+,32-,33+,34+,35+,36?,37-,38-,39+,40-,43+,44-,45+,46-,47+/m0/s1. The summed E-state index contributed by atoms with van der Waals surface area (Å²) in [7, 11) is 0. The van der Waals surface area contributed by atoms with E-state index in [1.54, 1.807) is 13.8 Å². The van der Waals surface area contributed by atoms with Gasteiger partial charge in [0.1, 0.15) is 61.0 Å². The quantitative estimate of drug-likeness (QED) is 0.131. The molecular weight excluding hydrogens is 852 g/mol. The van der Waals surface area contributed by atoms with Crippen LogP contribution in [0, 0.1) is 44.8 Å². The van der Waals surface area contributed by atoms with E-state index in [9.17, 15) is 56.2 Å². The van der Waals surface area contributed by atoms with Gasteiger partial charge in [0.2, 0.25) is 0 Å². The van der Waals surface area contributed by atoms with Crippen molar-refractivity contribution in [2.24, 2.45) is 44.8 Å². The molecule has 4 saturated heterocycles. The average molecular weight is 931 g/mol. The van der Waals surface area contributed by atoms with E-state index in [0.717, 1.165) is 19.3 Å². The van der Waals surface area contributed by atoms with E-state index >= 15 is 0 Å². The van der Waals surface area contributed by atoms with Gasteiger partial charge in [-0.2, -0.15) is 0 Å². The monoisotopic (exact) mass is 931 g/mol. The van der Waals surface area contributed by atoms with Crippen molar-refractivity contribution in [3.63, 3.8) is 0 Å². The molecule has 18 nitrogen and oxygen atoms in total. The van der Waals surface area contributed by atoms with Crippen LogP contribution in [0.25, 0.3) is 0 Å². The molecule has 0 aromatic heterocycles. The van der Waals surface area contributed by atoms with Gasteiger partial charge in [-0.1, -0.05) is 27.7 Å². The third kappa shape index (κ3) is 7.23. The minimum atomic E-state index is -1.69. The van der Waals surface area contributed by atoms with Crippen LogP contribution in [-0.2, 0) is 33.2 Å². The van der Waals surface area contributed by atoms with Crippen molar-refractivity contribution in [2.45, 2.75) is 235 Å². The molecule has 18 heteroatoms. The Morgan fingerprint density at radius 1 is 0.646 bits per heavy atom. The van der Waals surface area contributed by atoms with Crippen LogP contribution in [-0.4, -0.2) is 191 Å². The predicted octanol–water partition coefficient (Wildman–Crippen LogP) is -0.424. The van der Waals surface area contributed by atoms with Gasteiger partial charge in [0.25, 0.3) is 0 Å². The van der Waals surface area contributed by atoms with Gasteiger partial charge in [-0.15, -0.1) is 0 Å². The lowest BCUT2D eigenvalue weighted by Gasteiger charge is -2.65. The van der Waals surface area contributed by atoms with E-state index in [1.807, 2.05) is 0 Å². The molecule has 9 rings (SSSR count). The second kappa shape index (κ2) is 16.4. The fourth-order valence-electron chi connectivity index (χ4n) is 16.3. The molecule has 26 atom stereocenters. The highest BCUT2D eigenvalue weighted by Crippen LogP contribution is 2.89. The van der Waals surface area contributed by atoms with Crippen LogP contribution in [0.2, 0.25) is 0 Å². The molecule has 9 fully saturated rings. The molecule has 374 valence electrons. The number of fused-ring (bicyclic) bond motifs is 2. The van der Waals surface area contributed by atoms with Gasteiger partial charge in [0.15, 0.2) is 18.9 Å². The zero-order valence-corrected chi connectivity index (χ0v) is 39.2. The van der Waals surface area contributed by atoms with Crippen molar-refractivity contribution in [3.8, 4) is 0 Å². The topological polar surface area (TPSA) is 287 Å². The smallest absolute Gasteiger partial charge is 0.187 e. The molecule has 0 aromatic carbocycles. The minimum absolute atomic E-state index is 0.0390. The molecule has 1 unspecified atom stereocenters. The summed E-state index contributed by atoms with van der Waals surface area (Å²) in [4.78, 5) is 0. The van der Waals surface area contributed by atoms with Crippen LogP contribution >= 0.6 is 0 Å². The van der Waals surface area contributed by atoms with Crippen molar-refractivity contribution in [3.05, 3.63) is 0 Å². The summed E-state index contributed by atoms with van der Waals surface area (Å²) in [6.07, 6.45) is -16.0. The summed E-state index contributed by atoms with van der Waals surface area (Å²) >= 11 is 0. The van der Waals surface area contributed by atoms with E-state index in [-0.39, 0.29) is 46.7 Å². The lowest BCUT2D eigenvalue weighted by molar-refractivity contribution is -0.366. The summed E-state index contributed by atoms with van der Waals surface area (Å²) in [5, 5.41) is 120. The van der Waals surface area contributed by atoms with Crippen LogP contribution in [0.1, 0.15) is 113 Å². The highest BCUT2D eigenvalue weighted by Gasteiger charge is 2.85. The van der Waals surface area contributed by atoms with Crippen molar-refractivity contribution in [1.29, 1.82) is 0 Å². The van der Waals surface area contributed by atoms with Crippen LogP contribution in [0.4, 0.5) is 0 Å². The van der Waals surface area contributed by atoms with Gasteiger partial charge in [-0.3, -0.25) is 0 Å². The Balaban J connectivity index is 1.04. The van der Waals surface area contributed by atoms with Gasteiger partial charge < -0.3 is 89.3 Å². The Morgan fingerprint density at radius 3 is 1.95 bits per heavy atom. The SMILES string of the molecule is C[C@@H]1O[C@@H](O[C@H]2[C@H](O[C@H]3CC[C@]45C[C@]46CC[C@]4(C)C([C@@]7(C)CC[C@@H](C(C)(C)O)O7)[C@@H](O)C[C@@]4(C)[C@@H]6C[C@H](O[C@@H]4O[C@H](CO)[C@@H](O)[C@H](O)[C@H]4O)[C@H]5C3(C)C)OC[C@@H](O)[C@@H]2O)[C@H](O)[C@H](O)[C@H]1O. The van der Waals surface area contributed by atoms with Crippen molar-refractivity contribution in [1.82, 2.24) is 0 Å². The zero-order chi connectivity index (χ0) is 47.4. The average Bonchev–Trinajstić information content (AvgIpc) is 3.60. The third-order valence-corrected chi connectivity index (χ3v) is 19.7. The van der Waals surface area contributed by atoms with Gasteiger partial charge in [0.05, 0.1) is 54.9 Å². The molecule has 11 N–H and O–H groups in total. The van der Waals surface area contributed by atoms with Gasteiger partial charge in [0, 0.05) is 5.92 Å². The number of aliphatic hydroxyl groups excluding tert-OH is 10. The minimum Gasteiger partial charge on any atom is -0.394 e. The second-order valence-electron chi connectivity index (χ2n) is 23.8. The van der Waals surface area contributed by atoms with E-state index in [4.69, 9.17) is 33.2 Å². The molecule has 9 aliphatic rings. The number of rotatable bonds is 9. The first kappa shape index (κ1) is 49.3. The number of hydrogen-bond donors (Lipinski definition) is 11. The first-order valence-electron chi connectivity index (χ1n) is 24.2. The lowest BCUT2D eigenvalue weighted by Crippen LogP contribution is -2.66. The molecule has 0 aromatic rings. The van der Waals surface area contributed by atoms with E-state index in [1.165, 1.54) is 6.92 Å². The van der Waals surface area contributed by atoms with Crippen molar-refractivity contribution < 1.29 is 89.3 Å². The van der Waals surface area contributed by atoms with Gasteiger partial charge in [-0.05, 0) is 124 Å². The van der Waals surface area contributed by atoms with Crippen LogP contribution in [0.5, 0.6) is 0 Å². The first-order valence-corrected chi connectivity index (χ1v) is 24.2. The summed E-state index contributed by atoms with van der Waals surface area (Å²) in [5.41, 5.74) is -3.65. The molecule has 4 aliphatic heterocycles. The van der Waals surface area contributed by atoms with Crippen molar-refractivity contribution >= 4 is 0 Å². The van der Waals surface area contributed by atoms with E-state index in [0.29, 0.717) is 38.5 Å². The molecule has 4 heterocycles. The largest absolute Gasteiger partial charge is 0.394 e. The predicted molar refractivity (Wildman–Crippen MR) is 225 cm³/mol. The Bertz CT molecular complexity index is 1750. The number of hydrogen-bond acceptors (Lipinski definition) is 18. The summed E-state index contributed by atoms with van der Waals surface area (Å²) in [6.45, 7) is 15.1. The van der Waals surface area contributed by atoms with Crippen LogP contribution in [0.3, 0.4) is 0 Å². The third-order valence-electron chi connectivity index (χ3n) is 19.7. The summed E-state index contributed by atoms with van der Waals surface area (Å²) in [5.74, 6) is -0.425. The first-order chi connectivity index (χ1) is 30.2. The fraction of sp³-hybridized carbons (Fsp3) is 1.00. The Kier molecular flexibility index (Phi) is 12.4. The number of aliphatic hydroxyl groups is 11. The molecule has 65 heavy (non-hydrogen) atoms. The summed E-state index contributed by atoms with van der Waals surface area (Å²) < 4.78 is 44.5. The molecule has 0 bridgehead atoms. The maximum Gasteiger partial charge on any atom is 0.187 e. The molecular formula is C47H78O18. The molecule has 0 radical (unpaired) electrons. The molecule has 5 saturated carbocycles. The maximum atomic E-state index is 12.3. The normalized spacial score (nSPS) is 58.7. The van der Waals surface area contributed by atoms with Crippen LogP contribution < -0.4 is 0 Å². The van der Waals surface area contributed by atoms with E-state index < -0.39 is 133 Å². The lowest BCUT2D eigenvalue weighted by atomic mass is 9.41. The van der Waals surface area contributed by atoms with Crippen molar-refractivity contribution in [2.75, 3.05) is 13.2 Å². The Labute approximate surface area is 381 Å². The molecule has 2 spiro atoms. The van der Waals surface area contributed by atoms with Crippen LogP contribution in [0.15, 0.2) is 0 Å². The Morgan fingerprint density at radius 2 is 1.31 bits per heavy atom. The molecule has 5 aliphatic carbocycles. The van der Waals surface area contributed by atoms with Gasteiger partial charge >= 0.3 is 0 Å². The summed E-state index contributed by atoms with van der Waals surface area (Å²) in [6, 6.07) is 0. The maximum absolute atomic E-state index is 12.3. The van der Waals surface area contributed by atoms with Gasteiger partial charge in [-0.25, -0.2) is 0 Å². The second-order valence-corrected chi connectivity index (χ2v) is 23.8. The van der Waals surface area contributed by atoms with E-state index in [2.05, 4.69) is 34.6 Å². The highest BCUT2D eigenvalue weighted by molar-refractivity contribution is 5.33. The fourth-order valence-corrected chi connectivity index (χ4v) is 16.3. The Hall–Kier alpha value is -0.720. The number of ether oxygens (including phenoxy) is 7. The molecule has 0 amide bonds. The highest BCUT2D eigenvalue weighted by atomic mass is 16.8.